The predicted molar refractivity (Wildman–Crippen MR) is 117 cm³/mol. The van der Waals surface area contributed by atoms with Crippen LogP contribution in [0.3, 0.4) is 0 Å². The highest BCUT2D eigenvalue weighted by molar-refractivity contribution is 7.98. The minimum atomic E-state index is 0.625. The Morgan fingerprint density at radius 3 is 3.15 bits per heavy atom. The lowest BCUT2D eigenvalue weighted by Gasteiger charge is -2.33. The Bertz CT molecular complexity index is 869. The average molecular weight is 400 g/mol. The average Bonchev–Trinajstić information content (AvgIpc) is 2.84. The third kappa shape index (κ3) is 3.22. The molecule has 0 bridgehead atoms. The third-order valence-electron chi connectivity index (χ3n) is 6.17. The van der Waals surface area contributed by atoms with E-state index in [9.17, 15) is 0 Å². The summed E-state index contributed by atoms with van der Waals surface area (Å²) in [4.78, 5) is 2.72. The van der Waals surface area contributed by atoms with E-state index in [0.29, 0.717) is 12.0 Å². The number of hydrogen-bond donors (Lipinski definition) is 2. The van der Waals surface area contributed by atoms with Crippen LogP contribution in [-0.2, 0) is 12.3 Å². The summed E-state index contributed by atoms with van der Waals surface area (Å²) in [5.74, 6) is 2.97. The van der Waals surface area contributed by atoms with Gasteiger partial charge in [-0.25, -0.2) is 0 Å². The summed E-state index contributed by atoms with van der Waals surface area (Å²) in [6.45, 7) is 6.32. The van der Waals surface area contributed by atoms with Crippen LogP contribution in [0.1, 0.15) is 34.6 Å². The Kier molecular flexibility index (Phi) is 4.75. The molecule has 0 saturated carbocycles. The number of rotatable bonds is 3. The van der Waals surface area contributed by atoms with Crippen molar-refractivity contribution < 1.29 is 0 Å². The first-order valence-corrected chi connectivity index (χ1v) is 11.4. The van der Waals surface area contributed by atoms with Gasteiger partial charge >= 0.3 is 0 Å². The summed E-state index contributed by atoms with van der Waals surface area (Å²) in [6.07, 6.45) is 1.26. The van der Waals surface area contributed by atoms with Crippen molar-refractivity contribution in [2.45, 2.75) is 37.6 Å². The number of halogens is 1. The van der Waals surface area contributed by atoms with Gasteiger partial charge in [0, 0.05) is 59.5 Å². The molecule has 5 rings (SSSR count). The zero-order valence-electron chi connectivity index (χ0n) is 15.7. The topological polar surface area (TPSA) is 27.3 Å². The van der Waals surface area contributed by atoms with Crippen molar-refractivity contribution in [3.8, 4) is 0 Å². The highest BCUT2D eigenvalue weighted by Gasteiger charge is 2.41. The highest BCUT2D eigenvalue weighted by atomic mass is 35.5. The van der Waals surface area contributed by atoms with Gasteiger partial charge in [0.15, 0.2) is 0 Å². The van der Waals surface area contributed by atoms with Gasteiger partial charge in [0.2, 0.25) is 0 Å². The molecule has 142 valence electrons. The Morgan fingerprint density at radius 1 is 1.30 bits per heavy atom. The summed E-state index contributed by atoms with van der Waals surface area (Å²) in [5, 5.41) is 8.11. The lowest BCUT2D eigenvalue weighted by Crippen LogP contribution is -2.44. The number of hydrogen-bond acceptors (Lipinski definition) is 4. The maximum atomic E-state index is 6.40. The summed E-state index contributed by atoms with van der Waals surface area (Å²) < 4.78 is 0. The van der Waals surface area contributed by atoms with Crippen molar-refractivity contribution in [2.24, 2.45) is 0 Å². The van der Waals surface area contributed by atoms with Crippen molar-refractivity contribution in [3.63, 3.8) is 0 Å². The molecular formula is C22H26ClN3S. The van der Waals surface area contributed by atoms with Crippen LogP contribution >= 0.6 is 23.4 Å². The number of aryl methyl sites for hydroxylation is 1. The lowest BCUT2D eigenvalue weighted by atomic mass is 9.89. The van der Waals surface area contributed by atoms with E-state index in [-0.39, 0.29) is 0 Å². The van der Waals surface area contributed by atoms with Crippen molar-refractivity contribution in [3.05, 3.63) is 57.6 Å². The summed E-state index contributed by atoms with van der Waals surface area (Å²) in [5.41, 5.74) is 8.23. The first kappa shape index (κ1) is 17.7. The summed E-state index contributed by atoms with van der Waals surface area (Å²) >= 11 is 8.46. The number of nitrogens with one attached hydrogen (secondary N) is 2. The molecule has 3 aliphatic rings. The van der Waals surface area contributed by atoms with Gasteiger partial charge in [0.1, 0.15) is 0 Å². The molecule has 1 fully saturated rings. The fourth-order valence-corrected chi connectivity index (χ4v) is 6.02. The second-order valence-electron chi connectivity index (χ2n) is 7.93. The summed E-state index contributed by atoms with van der Waals surface area (Å²) in [6, 6.07) is 11.7. The van der Waals surface area contributed by atoms with Gasteiger partial charge in [0.05, 0.1) is 0 Å². The summed E-state index contributed by atoms with van der Waals surface area (Å²) in [7, 11) is 0. The highest BCUT2D eigenvalue weighted by Crippen LogP contribution is 2.48. The van der Waals surface area contributed by atoms with Crippen molar-refractivity contribution in [2.75, 3.05) is 35.6 Å². The fraction of sp³-hybridized carbons (Fsp3) is 0.455. The zero-order chi connectivity index (χ0) is 18.4. The number of nitrogens with zero attached hydrogens (tertiary/aromatic N) is 1. The van der Waals surface area contributed by atoms with E-state index < -0.39 is 0 Å². The molecule has 3 aliphatic heterocycles. The second-order valence-corrected chi connectivity index (χ2v) is 9.45. The van der Waals surface area contributed by atoms with Gasteiger partial charge in [-0.15, -0.1) is 0 Å². The molecule has 5 heteroatoms. The molecule has 2 aromatic rings. The molecule has 0 radical (unpaired) electrons. The first-order valence-electron chi connectivity index (χ1n) is 9.91. The van der Waals surface area contributed by atoms with Gasteiger partial charge in [-0.05, 0) is 54.8 Å². The Labute approximate surface area is 170 Å². The maximum Gasteiger partial charge on any atom is 0.0456 e. The smallest absolute Gasteiger partial charge is 0.0456 e. The number of fused-ring (bicyclic) bond motifs is 3. The standard InChI is InChI=1S/C22H26ClN3S/c1-14-2-3-20(23)15(8-14)11-25-17-9-16-13-27-7-6-26-21-4-5-24-12-19(21)18(10-17)22(16)26/h2-3,8-10,19,21,24-25H,4-7,11-13H2,1H3/t19-,21-/m0/s1. The Balaban J connectivity index is 1.47. The number of benzene rings is 2. The van der Waals surface area contributed by atoms with Gasteiger partial charge in [0.25, 0.3) is 0 Å². The molecule has 0 spiro atoms. The van der Waals surface area contributed by atoms with Crippen LogP contribution in [0.25, 0.3) is 0 Å². The quantitative estimate of drug-likeness (QED) is 0.777. The van der Waals surface area contributed by atoms with Gasteiger partial charge in [-0.2, -0.15) is 11.8 Å². The molecule has 2 atom stereocenters. The van der Waals surface area contributed by atoms with Crippen molar-refractivity contribution in [1.29, 1.82) is 0 Å². The zero-order valence-corrected chi connectivity index (χ0v) is 17.3. The lowest BCUT2D eigenvalue weighted by molar-refractivity contribution is 0.406. The number of piperidine rings is 1. The van der Waals surface area contributed by atoms with Crippen molar-refractivity contribution >= 4 is 34.7 Å². The molecule has 2 N–H and O–H groups in total. The molecule has 2 aromatic carbocycles. The first-order chi connectivity index (χ1) is 13.2. The van der Waals surface area contributed by atoms with E-state index >= 15 is 0 Å². The Hall–Kier alpha value is -1.36. The minimum absolute atomic E-state index is 0.625. The molecule has 3 heterocycles. The van der Waals surface area contributed by atoms with E-state index in [2.05, 4.69) is 58.5 Å². The molecule has 0 unspecified atom stereocenters. The third-order valence-corrected chi connectivity index (χ3v) is 7.52. The van der Waals surface area contributed by atoms with Crippen LogP contribution in [0.2, 0.25) is 5.02 Å². The van der Waals surface area contributed by atoms with E-state index in [4.69, 9.17) is 11.6 Å². The molecule has 27 heavy (non-hydrogen) atoms. The largest absolute Gasteiger partial charge is 0.381 e. The minimum Gasteiger partial charge on any atom is -0.381 e. The fourth-order valence-electron chi connectivity index (χ4n) is 4.92. The number of thioether (sulfide) groups is 1. The Morgan fingerprint density at radius 2 is 2.22 bits per heavy atom. The van der Waals surface area contributed by atoms with Gasteiger partial charge < -0.3 is 15.5 Å². The van der Waals surface area contributed by atoms with Crippen LogP contribution < -0.4 is 15.5 Å². The van der Waals surface area contributed by atoms with E-state index in [0.717, 1.165) is 36.0 Å². The van der Waals surface area contributed by atoms with E-state index in [1.165, 1.54) is 41.2 Å². The SMILES string of the molecule is Cc1ccc(Cl)c(CNc2cc3c4c(c2)[C@@H]2CNCC[C@@H]2N4CCSC3)c1. The van der Waals surface area contributed by atoms with E-state index in [1.807, 2.05) is 6.07 Å². The van der Waals surface area contributed by atoms with E-state index in [1.54, 1.807) is 5.56 Å². The van der Waals surface area contributed by atoms with Crippen LogP contribution in [0.5, 0.6) is 0 Å². The van der Waals surface area contributed by atoms with Crippen molar-refractivity contribution in [1.82, 2.24) is 5.32 Å². The molecule has 0 amide bonds. The van der Waals surface area contributed by atoms with Crippen LogP contribution in [0.15, 0.2) is 30.3 Å². The predicted octanol–water partition coefficient (Wildman–Crippen LogP) is 4.77. The number of anilines is 2. The van der Waals surface area contributed by atoms with Gasteiger partial charge in [-0.1, -0.05) is 29.3 Å². The molecular weight excluding hydrogens is 374 g/mol. The molecule has 0 aliphatic carbocycles. The second kappa shape index (κ2) is 7.23. The molecule has 1 saturated heterocycles. The monoisotopic (exact) mass is 399 g/mol. The van der Waals surface area contributed by atoms with Gasteiger partial charge in [-0.3, -0.25) is 0 Å². The normalized spacial score (nSPS) is 23.6. The van der Waals surface area contributed by atoms with Crippen LogP contribution in [0.4, 0.5) is 11.4 Å². The van der Waals surface area contributed by atoms with Crippen LogP contribution in [-0.4, -0.2) is 31.4 Å². The molecule has 0 aromatic heterocycles. The molecule has 3 nitrogen and oxygen atoms in total. The maximum absolute atomic E-state index is 6.40. The van der Waals surface area contributed by atoms with Crippen LogP contribution in [0, 0.1) is 6.92 Å².